The molecular weight excluding hydrogens is 949 g/mol. The number of aryl methyl sites for hydroxylation is 1. The Labute approximate surface area is 440 Å². The van der Waals surface area contributed by atoms with Crippen LogP contribution in [0.2, 0.25) is 0 Å². The van der Waals surface area contributed by atoms with Gasteiger partial charge in [-0.05, 0) is 104 Å². The minimum absolute atomic E-state index is 0.00646. The van der Waals surface area contributed by atoms with Gasteiger partial charge in [0.1, 0.15) is 30.0 Å². The molecule has 0 unspecified atom stereocenters. The number of methoxy groups -OCH3 is 1. The molecule has 75 heavy (non-hydrogen) atoms. The smallest absolute Gasteiger partial charge is 0.325 e. The predicted octanol–water partition coefficient (Wildman–Crippen LogP) is 6.87. The van der Waals surface area contributed by atoms with E-state index >= 15 is 4.79 Å². The third-order valence-electron chi connectivity index (χ3n) is 16.4. The first-order chi connectivity index (χ1) is 35.9. The van der Waals surface area contributed by atoms with Gasteiger partial charge in [0.05, 0.1) is 42.0 Å². The van der Waals surface area contributed by atoms with E-state index in [9.17, 15) is 19.5 Å². The van der Waals surface area contributed by atoms with Gasteiger partial charge in [0.15, 0.2) is 0 Å². The number of phenolic OH excluding ortho intramolecular Hbond substituents is 1. The highest BCUT2D eigenvalue weighted by Gasteiger charge is 2.59. The van der Waals surface area contributed by atoms with Crippen molar-refractivity contribution in [2.75, 3.05) is 65.5 Å². The Bertz CT molecular complexity index is 2970. The second kappa shape index (κ2) is 21.0. The highest BCUT2D eigenvalue weighted by molar-refractivity contribution is 5.97. The average Bonchev–Trinajstić information content (AvgIpc) is 3.69. The third-order valence-corrected chi connectivity index (χ3v) is 16.4. The number of piperazine rings is 1. The molecule has 4 fully saturated rings. The molecule has 4 aliphatic heterocycles. The molecule has 1 saturated carbocycles. The molecule has 3 N–H and O–H groups in total. The van der Waals surface area contributed by atoms with Gasteiger partial charge in [0.25, 0.3) is 11.8 Å². The molecule has 6 bridgehead atoms. The number of hydrazine groups is 1. The van der Waals surface area contributed by atoms with Crippen LogP contribution in [-0.4, -0.2) is 144 Å². The van der Waals surface area contributed by atoms with E-state index in [2.05, 4.69) is 77.2 Å². The molecule has 5 aromatic rings. The molecule has 10 rings (SSSR count). The van der Waals surface area contributed by atoms with Gasteiger partial charge in [0, 0.05) is 93.6 Å². The Morgan fingerprint density at radius 1 is 1.00 bits per heavy atom. The summed E-state index contributed by atoms with van der Waals surface area (Å²) in [6, 6.07) is 20.6. The zero-order chi connectivity index (χ0) is 53.0. The van der Waals surface area contributed by atoms with Gasteiger partial charge in [-0.1, -0.05) is 70.2 Å². The zero-order valence-corrected chi connectivity index (χ0v) is 45.0. The number of pyridine rings is 1. The number of esters is 1. The SMILES string of the molecule is CCn1c(-c2cc(N3CCN(C)CC3)cnc2[C@H](C)OC)c2c3cc(ccc31)-c1cc(O)cc(c1)C[C@H](NC(=O)[C@H](C(C)C)N(C)C(=O)[C@@H]1OCC[C@@H]1c1ccccc1)C(=O)N1N[C@H](C(=O)OCC(C)(C)C2)[C@@H]2C[C@@H]21. The number of aromatic hydroxyl groups is 1. The van der Waals surface area contributed by atoms with Gasteiger partial charge in [-0.25, -0.2) is 5.43 Å². The van der Waals surface area contributed by atoms with E-state index < -0.39 is 47.4 Å². The highest BCUT2D eigenvalue weighted by atomic mass is 16.5. The average molecular weight is 1020 g/mol. The van der Waals surface area contributed by atoms with Crippen LogP contribution >= 0.6 is 0 Å². The fraction of sp³-hybridized carbons (Fsp3) is 0.508. The molecule has 398 valence electrons. The maximum absolute atomic E-state index is 15.0. The quantitative estimate of drug-likeness (QED) is 0.118. The lowest BCUT2D eigenvalue weighted by Gasteiger charge is -2.34. The van der Waals surface area contributed by atoms with Crippen LogP contribution in [0.3, 0.4) is 0 Å². The summed E-state index contributed by atoms with van der Waals surface area (Å²) in [5.74, 6) is -2.34. The number of carbonyl (C=O) groups is 4. The number of fused-ring (bicyclic) bond motifs is 9. The number of phenols is 1. The third kappa shape index (κ3) is 10.3. The number of hydrogen-bond acceptors (Lipinski definition) is 12. The highest BCUT2D eigenvalue weighted by Crippen LogP contribution is 2.46. The summed E-state index contributed by atoms with van der Waals surface area (Å²) in [7, 11) is 5.48. The first-order valence-electron chi connectivity index (χ1n) is 26.9. The number of carbonyl (C=O) groups excluding carboxylic acids is 4. The van der Waals surface area contributed by atoms with Crippen molar-refractivity contribution in [1.82, 2.24) is 35.1 Å². The summed E-state index contributed by atoms with van der Waals surface area (Å²) in [6.45, 7) is 17.0. The number of amides is 3. The van der Waals surface area contributed by atoms with Crippen LogP contribution in [0.15, 0.2) is 79.0 Å². The summed E-state index contributed by atoms with van der Waals surface area (Å²) in [6.07, 6.45) is 2.71. The Morgan fingerprint density at radius 3 is 2.48 bits per heavy atom. The minimum Gasteiger partial charge on any atom is -0.508 e. The molecule has 2 aromatic heterocycles. The molecule has 3 amide bonds. The van der Waals surface area contributed by atoms with E-state index in [1.54, 1.807) is 26.3 Å². The Hall–Kier alpha value is -6.33. The number of cyclic esters (lactones) is 1. The molecule has 3 aromatic carbocycles. The molecule has 6 heterocycles. The van der Waals surface area contributed by atoms with Crippen LogP contribution < -0.4 is 15.6 Å². The fourth-order valence-corrected chi connectivity index (χ4v) is 12.2. The normalized spacial score (nSPS) is 24.7. The van der Waals surface area contributed by atoms with E-state index in [1.165, 1.54) is 9.91 Å². The van der Waals surface area contributed by atoms with Gasteiger partial charge in [-0.2, -0.15) is 0 Å². The lowest BCUT2D eigenvalue weighted by Crippen LogP contribution is -2.59. The van der Waals surface area contributed by atoms with Crippen LogP contribution in [0.5, 0.6) is 5.75 Å². The van der Waals surface area contributed by atoms with E-state index in [0.717, 1.165) is 82.0 Å². The number of rotatable bonds is 11. The number of anilines is 1. The Kier molecular flexibility index (Phi) is 14.6. The van der Waals surface area contributed by atoms with Gasteiger partial charge in [0.2, 0.25) is 5.91 Å². The first-order valence-corrected chi connectivity index (χ1v) is 26.9. The van der Waals surface area contributed by atoms with E-state index in [-0.39, 0.29) is 54.6 Å². The molecule has 5 aliphatic rings. The summed E-state index contributed by atoms with van der Waals surface area (Å²) in [5.41, 5.74) is 11.8. The van der Waals surface area contributed by atoms with Crippen LogP contribution in [0, 0.1) is 17.3 Å². The van der Waals surface area contributed by atoms with Gasteiger partial charge in [-0.15, -0.1) is 0 Å². The second-order valence-electron chi connectivity index (χ2n) is 22.7. The molecule has 1 aliphatic carbocycles. The van der Waals surface area contributed by atoms with Crippen molar-refractivity contribution in [3.05, 3.63) is 101 Å². The summed E-state index contributed by atoms with van der Waals surface area (Å²) in [4.78, 5) is 69.8. The number of aromatic nitrogens is 2. The van der Waals surface area contributed by atoms with E-state index in [1.807, 2.05) is 63.4 Å². The maximum Gasteiger partial charge on any atom is 0.325 e. The number of benzene rings is 3. The molecule has 0 radical (unpaired) electrons. The van der Waals surface area contributed by atoms with Crippen LogP contribution in [0.4, 0.5) is 5.69 Å². The van der Waals surface area contributed by atoms with E-state index in [4.69, 9.17) is 19.2 Å². The predicted molar refractivity (Wildman–Crippen MR) is 288 cm³/mol. The second-order valence-corrected chi connectivity index (χ2v) is 22.7. The number of nitrogens with zero attached hydrogens (tertiary/aromatic N) is 6. The number of nitrogens with one attached hydrogen (secondary N) is 2. The standard InChI is InChI=1S/C59H74N8O8/c1-10-66-48-17-16-38-28-43(48)46(53(66)45-29-40(32-60-50(45)35(4)73-9)65-21-19-63(7)20-22-65)31-59(5,6)33-75-58(72)51-44-30-49(44)67(62-51)56(70)47(26-36-24-39(38)27-41(68)25-36)61-55(69)52(34(2)3)64(8)57(71)54-42(18-23-74-54)37-14-12-11-13-15-37/h11-17,24-25,27-29,32,34-35,42,44,47,49,51-52,54,62,68H,10,18-23,26,30-31,33H2,1-9H3,(H,61,69)/t35-,42+,44+,47-,49-,51-,52-,54+/m0/s1. The van der Waals surface area contributed by atoms with Crippen molar-refractivity contribution in [2.24, 2.45) is 17.3 Å². The number of likely N-dealkylation sites (N-methyl/N-ethyl adjacent to an activating group) is 2. The van der Waals surface area contributed by atoms with Crippen molar-refractivity contribution in [3.63, 3.8) is 0 Å². The maximum atomic E-state index is 15.0. The van der Waals surface area contributed by atoms with Gasteiger partial charge < -0.3 is 43.9 Å². The zero-order valence-electron chi connectivity index (χ0n) is 45.0. The summed E-state index contributed by atoms with van der Waals surface area (Å²) in [5, 5.41) is 17.1. The van der Waals surface area contributed by atoms with Crippen LogP contribution in [0.1, 0.15) is 88.8 Å². The van der Waals surface area contributed by atoms with Crippen molar-refractivity contribution < 1.29 is 38.5 Å². The molecule has 16 heteroatoms. The largest absolute Gasteiger partial charge is 0.508 e. The molecule has 8 atom stereocenters. The van der Waals surface area contributed by atoms with Crippen molar-refractivity contribution in [1.29, 1.82) is 0 Å². The summed E-state index contributed by atoms with van der Waals surface area (Å²) >= 11 is 0. The number of ether oxygens (including phenoxy) is 3. The fourth-order valence-electron chi connectivity index (χ4n) is 12.2. The van der Waals surface area contributed by atoms with Gasteiger partial charge in [-0.3, -0.25) is 29.2 Å². The molecular formula is C59H74N8O8. The lowest BCUT2D eigenvalue weighted by atomic mass is 9.84. The van der Waals surface area contributed by atoms with Crippen LogP contribution in [-0.2, 0) is 52.8 Å². The van der Waals surface area contributed by atoms with Crippen LogP contribution in [0.25, 0.3) is 33.3 Å². The minimum atomic E-state index is -1.15. The van der Waals surface area contributed by atoms with Crippen molar-refractivity contribution >= 4 is 40.3 Å². The first kappa shape index (κ1) is 52.1. The van der Waals surface area contributed by atoms with Crippen molar-refractivity contribution in [3.8, 4) is 28.1 Å². The Balaban J connectivity index is 1.05. The monoisotopic (exact) mass is 1020 g/mol. The summed E-state index contributed by atoms with van der Waals surface area (Å²) < 4.78 is 20.7. The van der Waals surface area contributed by atoms with Gasteiger partial charge >= 0.3 is 5.97 Å². The number of hydrogen-bond donors (Lipinski definition) is 3. The molecule has 0 spiro atoms. The van der Waals surface area contributed by atoms with E-state index in [0.29, 0.717) is 38.0 Å². The lowest BCUT2D eigenvalue weighted by molar-refractivity contribution is -0.151. The van der Waals surface area contributed by atoms with Crippen molar-refractivity contribution in [2.45, 2.75) is 116 Å². The Morgan fingerprint density at radius 2 is 1.76 bits per heavy atom. The molecule has 16 nitrogen and oxygen atoms in total. The molecule has 3 saturated heterocycles. The topological polar surface area (TPSA) is 171 Å².